The summed E-state index contributed by atoms with van der Waals surface area (Å²) in [5.41, 5.74) is -0.605. The lowest BCUT2D eigenvalue weighted by molar-refractivity contribution is -0.157. The summed E-state index contributed by atoms with van der Waals surface area (Å²) < 4.78 is 25.3. The van der Waals surface area contributed by atoms with Gasteiger partial charge < -0.3 is 24.6 Å². The standard InChI is InChI=1S/C31H34FNO6.C22H2/c1-20(2)17-31(37)18-33(19-31)28(34)15-21-13-26(16-27(14-21)39-25-11-7-23(32)8-12-25)38-24-9-5-22(6-10-24)30(3,4)29(35)36;1-3-5-7-9-11-13-15-17-19-21-22-20-18-16-14-12-10-8-6-4-2/h5-14,16,20,37H,15,17-19H2,1-4H3,(H,35,36);1-2H. The number of ether oxygens (including phenoxy) is 2. The van der Waals surface area contributed by atoms with Gasteiger partial charge in [0.1, 0.15) is 28.8 Å². The second-order valence-corrected chi connectivity index (χ2v) is 13.7. The highest BCUT2D eigenvalue weighted by molar-refractivity contribution is 5.81. The van der Waals surface area contributed by atoms with Gasteiger partial charge in [-0.3, -0.25) is 9.59 Å². The number of nitrogens with zero attached hydrogens (tertiary/aromatic N) is 1. The fraction of sp³-hybridized carbons (Fsp3) is 0.208. The normalized spacial score (nSPS) is 10.7. The van der Waals surface area contributed by atoms with Gasteiger partial charge in [-0.05, 0) is 181 Å². The maximum atomic E-state index is 13.4. The Morgan fingerprint density at radius 2 is 1.05 bits per heavy atom. The first kappa shape index (κ1) is 46.6. The largest absolute Gasteiger partial charge is 0.481 e. The first-order chi connectivity index (χ1) is 29.2. The number of hydrogen-bond acceptors (Lipinski definition) is 5. The number of carboxylic acids is 1. The van der Waals surface area contributed by atoms with E-state index in [4.69, 9.17) is 22.3 Å². The highest BCUT2D eigenvalue weighted by Gasteiger charge is 2.43. The van der Waals surface area contributed by atoms with Crippen LogP contribution >= 0.6 is 0 Å². The first-order valence-corrected chi connectivity index (χ1v) is 18.2. The molecule has 296 valence electrons. The number of amides is 1. The minimum absolute atomic E-state index is 0.0838. The fourth-order valence-electron chi connectivity index (χ4n) is 5.28. The minimum Gasteiger partial charge on any atom is -0.481 e. The third-order valence-corrected chi connectivity index (χ3v) is 8.01. The smallest absolute Gasteiger partial charge is 0.313 e. The summed E-state index contributed by atoms with van der Waals surface area (Å²) in [5.74, 6) is 48.8. The van der Waals surface area contributed by atoms with Crippen molar-refractivity contribution in [3.05, 3.63) is 83.7 Å². The van der Waals surface area contributed by atoms with Crippen LogP contribution in [0.1, 0.15) is 45.2 Å². The molecule has 0 atom stereocenters. The Kier molecular flexibility index (Phi) is 18.4. The number of benzene rings is 3. The summed E-state index contributed by atoms with van der Waals surface area (Å²) in [4.78, 5) is 26.2. The molecule has 2 N–H and O–H groups in total. The molecular formula is C53H36FNO6. The van der Waals surface area contributed by atoms with Gasteiger partial charge >= 0.3 is 5.97 Å². The van der Waals surface area contributed by atoms with Crippen LogP contribution in [0.2, 0.25) is 0 Å². The molecule has 3 aromatic rings. The predicted octanol–water partition coefficient (Wildman–Crippen LogP) is 6.22. The van der Waals surface area contributed by atoms with Crippen LogP contribution in [-0.4, -0.2) is 45.7 Å². The number of halogens is 1. The maximum Gasteiger partial charge on any atom is 0.313 e. The number of β-amino-alcohol motifs (C(OH)–C–C–N with tert-alkyl or cyclic N) is 1. The van der Waals surface area contributed by atoms with E-state index in [2.05, 4.69) is 118 Å². The molecule has 0 unspecified atom stereocenters. The fourth-order valence-corrected chi connectivity index (χ4v) is 5.28. The van der Waals surface area contributed by atoms with Crippen LogP contribution in [0.25, 0.3) is 0 Å². The summed E-state index contributed by atoms with van der Waals surface area (Å²) in [5, 5.41) is 20.1. The van der Waals surface area contributed by atoms with Crippen molar-refractivity contribution >= 4 is 11.9 Å². The third kappa shape index (κ3) is 17.1. The van der Waals surface area contributed by atoms with E-state index in [0.29, 0.717) is 59.6 Å². The van der Waals surface area contributed by atoms with Crippen LogP contribution in [0.15, 0.2) is 66.7 Å². The lowest BCUT2D eigenvalue weighted by atomic mass is 9.85. The molecule has 0 spiro atoms. The van der Waals surface area contributed by atoms with E-state index in [1.54, 1.807) is 61.2 Å². The number of hydrogen-bond donors (Lipinski definition) is 2. The van der Waals surface area contributed by atoms with Crippen molar-refractivity contribution in [2.24, 2.45) is 5.92 Å². The Balaban J connectivity index is 0.000000385. The molecule has 8 heteroatoms. The quantitative estimate of drug-likeness (QED) is 0.237. The number of aliphatic hydroxyl groups is 1. The molecule has 0 aromatic heterocycles. The van der Waals surface area contributed by atoms with Crippen molar-refractivity contribution in [3.63, 3.8) is 0 Å². The number of likely N-dealkylation sites (tertiary alicyclic amines) is 1. The predicted molar refractivity (Wildman–Crippen MR) is 232 cm³/mol. The van der Waals surface area contributed by atoms with Crippen LogP contribution in [0, 0.1) is 143 Å². The Bertz CT molecular complexity index is 2710. The Morgan fingerprint density at radius 3 is 1.41 bits per heavy atom. The van der Waals surface area contributed by atoms with Crippen LogP contribution in [0.5, 0.6) is 23.0 Å². The number of aliphatic carboxylic acids is 1. The van der Waals surface area contributed by atoms with E-state index in [0.717, 1.165) is 0 Å². The van der Waals surface area contributed by atoms with Gasteiger partial charge in [0.05, 0.1) is 30.5 Å². The number of carbonyl (C=O) groups is 2. The zero-order valence-electron chi connectivity index (χ0n) is 33.8. The highest BCUT2D eigenvalue weighted by atomic mass is 19.1. The number of carbonyl (C=O) groups excluding carboxylic acids is 1. The van der Waals surface area contributed by atoms with E-state index in [9.17, 15) is 24.2 Å². The molecule has 1 aliphatic rings. The molecule has 1 amide bonds. The molecule has 1 aliphatic heterocycles. The van der Waals surface area contributed by atoms with Gasteiger partial charge in [-0.2, -0.15) is 0 Å². The molecule has 7 nitrogen and oxygen atoms in total. The summed E-state index contributed by atoms with van der Waals surface area (Å²) in [7, 11) is 0. The summed E-state index contributed by atoms with van der Waals surface area (Å²) in [6.45, 7) is 7.95. The van der Waals surface area contributed by atoms with Crippen molar-refractivity contribution in [1.82, 2.24) is 4.90 Å². The van der Waals surface area contributed by atoms with Crippen LogP contribution < -0.4 is 9.47 Å². The van der Waals surface area contributed by atoms with Gasteiger partial charge in [-0.1, -0.05) is 26.0 Å². The zero-order valence-corrected chi connectivity index (χ0v) is 33.8. The van der Waals surface area contributed by atoms with Crippen molar-refractivity contribution < 1.29 is 33.7 Å². The molecule has 0 bridgehead atoms. The second-order valence-electron chi connectivity index (χ2n) is 13.7. The number of rotatable bonds is 10. The van der Waals surface area contributed by atoms with Gasteiger partial charge in [0, 0.05) is 29.7 Å². The van der Waals surface area contributed by atoms with Crippen molar-refractivity contribution in [3.8, 4) is 154 Å². The molecule has 3 aromatic carbocycles. The molecular weight excluding hydrogens is 766 g/mol. The SMILES string of the molecule is C#CC#CC#CC#CC#CC#CC#CC#CC#CC#CC#C.CC(C)CC1(O)CN(C(=O)Cc2cc(Oc3ccc(F)cc3)cc(Oc3ccc(C(C)(C)C(=O)O)cc3)c2)C1. The topological polar surface area (TPSA) is 96.3 Å². The maximum absolute atomic E-state index is 13.4. The number of terminal acetylenes is 2. The summed E-state index contributed by atoms with van der Waals surface area (Å²) in [6, 6.07) is 17.5. The molecule has 4 rings (SSSR count). The summed E-state index contributed by atoms with van der Waals surface area (Å²) in [6.07, 6.45) is 10.5. The second kappa shape index (κ2) is 24.1. The lowest BCUT2D eigenvalue weighted by Crippen LogP contribution is -2.64. The van der Waals surface area contributed by atoms with Gasteiger partial charge in [0.25, 0.3) is 0 Å². The van der Waals surface area contributed by atoms with Crippen molar-refractivity contribution in [2.45, 2.75) is 51.6 Å². The van der Waals surface area contributed by atoms with Crippen LogP contribution in [0.4, 0.5) is 4.39 Å². The molecule has 1 heterocycles. The highest BCUT2D eigenvalue weighted by Crippen LogP contribution is 2.33. The van der Waals surface area contributed by atoms with E-state index in [1.807, 2.05) is 13.8 Å². The van der Waals surface area contributed by atoms with Crippen molar-refractivity contribution in [2.75, 3.05) is 13.1 Å². The third-order valence-electron chi connectivity index (χ3n) is 8.01. The van der Waals surface area contributed by atoms with E-state index in [1.165, 1.54) is 24.3 Å². The molecule has 0 saturated carbocycles. The first-order valence-electron chi connectivity index (χ1n) is 18.2. The minimum atomic E-state index is -1.05. The molecule has 0 aliphatic carbocycles. The Labute approximate surface area is 357 Å². The molecule has 0 radical (unpaired) electrons. The van der Waals surface area contributed by atoms with E-state index < -0.39 is 17.0 Å². The zero-order chi connectivity index (χ0) is 44.5. The summed E-state index contributed by atoms with van der Waals surface area (Å²) >= 11 is 0. The van der Waals surface area contributed by atoms with Gasteiger partial charge in [-0.15, -0.1) is 12.8 Å². The lowest BCUT2D eigenvalue weighted by Gasteiger charge is -2.47. The van der Waals surface area contributed by atoms with Gasteiger partial charge in [0.2, 0.25) is 5.91 Å². The van der Waals surface area contributed by atoms with Gasteiger partial charge in [-0.25, -0.2) is 4.39 Å². The van der Waals surface area contributed by atoms with E-state index in [-0.39, 0.29) is 18.1 Å². The monoisotopic (exact) mass is 801 g/mol. The average Bonchev–Trinajstić information content (AvgIpc) is 3.20. The van der Waals surface area contributed by atoms with Gasteiger partial charge in [0.15, 0.2) is 0 Å². The van der Waals surface area contributed by atoms with E-state index >= 15 is 0 Å². The average molecular weight is 802 g/mol. The molecule has 1 fully saturated rings. The Morgan fingerprint density at radius 1 is 0.672 bits per heavy atom. The Hall–Kier alpha value is -8.75. The number of carboxylic acid groups (broad SMARTS) is 1. The van der Waals surface area contributed by atoms with Crippen LogP contribution in [0.3, 0.4) is 0 Å². The van der Waals surface area contributed by atoms with Crippen LogP contribution in [-0.2, 0) is 21.4 Å². The molecule has 1 saturated heterocycles. The molecule has 61 heavy (non-hydrogen) atoms. The van der Waals surface area contributed by atoms with Crippen molar-refractivity contribution in [1.29, 1.82) is 0 Å².